The molecule has 0 heterocycles. The second-order valence-corrected chi connectivity index (χ2v) is 3.75. The first-order valence-corrected chi connectivity index (χ1v) is 4.68. The van der Waals surface area contributed by atoms with Crippen molar-refractivity contribution in [2.24, 2.45) is 0 Å². The average molecular weight is 261 g/mol. The third kappa shape index (κ3) is 2.29. The molecule has 0 spiro atoms. The Morgan fingerprint density at radius 2 is 2.29 bits per heavy atom. The predicted octanol–water partition coefficient (Wildman–Crippen LogP) is 3.27. The average Bonchev–Trinajstić information content (AvgIpc) is 2.16. The maximum absolute atomic E-state index is 12.4. The van der Waals surface area contributed by atoms with Gasteiger partial charge in [0.1, 0.15) is 0 Å². The van der Waals surface area contributed by atoms with E-state index >= 15 is 0 Å². The van der Waals surface area contributed by atoms with Crippen LogP contribution in [0, 0.1) is 16.0 Å². The molecule has 0 saturated heterocycles. The number of benzene rings is 1. The van der Waals surface area contributed by atoms with Crippen LogP contribution in [0.5, 0.6) is 0 Å². The predicted molar refractivity (Wildman–Crippen MR) is 54.8 cm³/mol. The summed E-state index contributed by atoms with van der Waals surface area (Å²) in [4.78, 5) is 10.1. The molecule has 1 aromatic rings. The summed E-state index contributed by atoms with van der Waals surface area (Å²) in [6.45, 7) is 0.853. The monoisotopic (exact) mass is 260 g/mol. The minimum atomic E-state index is -0.683. The summed E-state index contributed by atoms with van der Waals surface area (Å²) in [7, 11) is 0. The van der Waals surface area contributed by atoms with Crippen LogP contribution in [-0.4, -0.2) is 11.6 Å². The van der Waals surface area contributed by atoms with Gasteiger partial charge in [-0.2, -0.15) is 0 Å². The second kappa shape index (κ2) is 4.50. The summed E-state index contributed by atoms with van der Waals surface area (Å²) in [5, 5.41) is 10.6. The first-order chi connectivity index (χ1) is 6.56. The van der Waals surface area contributed by atoms with E-state index in [0.29, 0.717) is 16.0 Å². The Morgan fingerprint density at radius 3 is 2.79 bits per heavy atom. The summed E-state index contributed by atoms with van der Waals surface area (Å²) in [6, 6.07) is 4.47. The van der Waals surface area contributed by atoms with Gasteiger partial charge in [-0.3, -0.25) is 14.5 Å². The molecule has 14 heavy (non-hydrogen) atoms. The van der Waals surface area contributed by atoms with E-state index in [-0.39, 0.29) is 5.69 Å². The maximum Gasteiger partial charge on any atom is 0.273 e. The standard InChI is InChI=1S/C9H8BrFNO2/c1-6(5-11)8-4-7(10)2-3-9(8)12(13)14/h2-4H,5H2,1H3. The molecule has 1 radical (unpaired) electrons. The zero-order valence-electron chi connectivity index (χ0n) is 7.46. The maximum atomic E-state index is 12.4. The van der Waals surface area contributed by atoms with Crippen molar-refractivity contribution in [2.45, 2.75) is 6.92 Å². The molecule has 0 aliphatic rings. The molecule has 1 rings (SSSR count). The zero-order chi connectivity index (χ0) is 10.7. The number of nitro groups is 1. The number of alkyl halides is 1. The number of hydrogen-bond acceptors (Lipinski definition) is 2. The molecule has 5 heteroatoms. The summed E-state index contributed by atoms with van der Waals surface area (Å²) in [5.41, 5.74) is 0.273. The van der Waals surface area contributed by atoms with Gasteiger partial charge in [-0.15, -0.1) is 0 Å². The van der Waals surface area contributed by atoms with Gasteiger partial charge < -0.3 is 0 Å². The van der Waals surface area contributed by atoms with Crippen molar-refractivity contribution >= 4 is 21.6 Å². The van der Waals surface area contributed by atoms with Gasteiger partial charge in [-0.25, -0.2) is 0 Å². The van der Waals surface area contributed by atoms with Crippen molar-refractivity contribution in [3.05, 3.63) is 44.3 Å². The van der Waals surface area contributed by atoms with Crippen LogP contribution in [0.1, 0.15) is 12.5 Å². The molecule has 0 aromatic heterocycles. The summed E-state index contributed by atoms with van der Waals surface area (Å²) in [5.74, 6) is 0.359. The SMILES string of the molecule is C[C](CF)c1cc(Br)ccc1[N+](=O)[O-]. The third-order valence-corrected chi connectivity index (χ3v) is 2.31. The molecule has 1 aromatic carbocycles. The smallest absolute Gasteiger partial charge is 0.258 e. The number of hydrogen-bond donors (Lipinski definition) is 0. The molecular weight excluding hydrogens is 253 g/mol. The molecule has 0 aliphatic heterocycles. The van der Waals surface area contributed by atoms with E-state index in [4.69, 9.17) is 0 Å². The van der Waals surface area contributed by atoms with Crippen molar-refractivity contribution in [1.82, 2.24) is 0 Å². The van der Waals surface area contributed by atoms with Gasteiger partial charge in [0, 0.05) is 22.0 Å². The van der Waals surface area contributed by atoms with Crippen molar-refractivity contribution in [3.63, 3.8) is 0 Å². The number of nitrogens with zero attached hydrogens (tertiary/aromatic N) is 1. The lowest BCUT2D eigenvalue weighted by Gasteiger charge is -2.07. The van der Waals surface area contributed by atoms with E-state index in [1.807, 2.05) is 0 Å². The molecular formula is C9H8BrFNO2. The molecule has 0 bridgehead atoms. The Labute approximate surface area is 89.2 Å². The topological polar surface area (TPSA) is 43.1 Å². The van der Waals surface area contributed by atoms with Crippen LogP contribution in [0.4, 0.5) is 10.1 Å². The van der Waals surface area contributed by atoms with Crippen LogP contribution in [0.2, 0.25) is 0 Å². The van der Waals surface area contributed by atoms with Gasteiger partial charge in [-0.1, -0.05) is 22.9 Å². The molecule has 0 amide bonds. The van der Waals surface area contributed by atoms with Crippen molar-refractivity contribution in [3.8, 4) is 0 Å². The van der Waals surface area contributed by atoms with Crippen molar-refractivity contribution < 1.29 is 9.31 Å². The fourth-order valence-electron chi connectivity index (χ4n) is 1.08. The number of rotatable bonds is 3. The minimum Gasteiger partial charge on any atom is -0.258 e. The van der Waals surface area contributed by atoms with Crippen molar-refractivity contribution in [2.75, 3.05) is 6.67 Å². The highest BCUT2D eigenvalue weighted by Crippen LogP contribution is 2.29. The van der Waals surface area contributed by atoms with Crippen LogP contribution < -0.4 is 0 Å². The van der Waals surface area contributed by atoms with Crippen LogP contribution >= 0.6 is 15.9 Å². The fourth-order valence-corrected chi connectivity index (χ4v) is 1.44. The lowest BCUT2D eigenvalue weighted by Crippen LogP contribution is -2.02. The first-order valence-electron chi connectivity index (χ1n) is 3.89. The minimum absolute atomic E-state index is 0.0663. The van der Waals surface area contributed by atoms with Crippen LogP contribution in [0.3, 0.4) is 0 Å². The van der Waals surface area contributed by atoms with E-state index < -0.39 is 11.6 Å². The van der Waals surface area contributed by atoms with Gasteiger partial charge in [0.2, 0.25) is 0 Å². The van der Waals surface area contributed by atoms with Gasteiger partial charge in [0.15, 0.2) is 0 Å². The van der Waals surface area contributed by atoms with Crippen LogP contribution in [0.15, 0.2) is 22.7 Å². The largest absolute Gasteiger partial charge is 0.273 e. The molecule has 0 unspecified atom stereocenters. The molecule has 0 atom stereocenters. The molecule has 3 nitrogen and oxygen atoms in total. The lowest BCUT2D eigenvalue weighted by atomic mass is 10.0. The van der Waals surface area contributed by atoms with Gasteiger partial charge >= 0.3 is 0 Å². The highest BCUT2D eigenvalue weighted by molar-refractivity contribution is 9.10. The Morgan fingerprint density at radius 1 is 1.64 bits per heavy atom. The first kappa shape index (κ1) is 11.1. The molecule has 0 aliphatic carbocycles. The molecule has 75 valence electrons. The van der Waals surface area contributed by atoms with E-state index in [1.165, 1.54) is 13.0 Å². The zero-order valence-corrected chi connectivity index (χ0v) is 9.04. The summed E-state index contributed by atoms with van der Waals surface area (Å²) < 4.78 is 13.1. The molecule has 0 N–H and O–H groups in total. The summed E-state index contributed by atoms with van der Waals surface area (Å²) >= 11 is 3.18. The van der Waals surface area contributed by atoms with Gasteiger partial charge in [0.05, 0.1) is 11.6 Å². The van der Waals surface area contributed by atoms with Crippen LogP contribution in [-0.2, 0) is 0 Å². The van der Waals surface area contributed by atoms with Crippen LogP contribution in [0.25, 0.3) is 0 Å². The van der Waals surface area contributed by atoms with Crippen molar-refractivity contribution in [1.29, 1.82) is 0 Å². The highest BCUT2D eigenvalue weighted by atomic mass is 79.9. The van der Waals surface area contributed by atoms with E-state index in [2.05, 4.69) is 15.9 Å². The van der Waals surface area contributed by atoms with E-state index in [9.17, 15) is 14.5 Å². The number of nitro benzene ring substituents is 1. The van der Waals surface area contributed by atoms with Gasteiger partial charge in [0.25, 0.3) is 5.69 Å². The fraction of sp³-hybridized carbons (Fsp3) is 0.222. The third-order valence-electron chi connectivity index (χ3n) is 1.82. The summed E-state index contributed by atoms with van der Waals surface area (Å²) in [6.07, 6.45) is 0. The lowest BCUT2D eigenvalue weighted by molar-refractivity contribution is -0.385. The van der Waals surface area contributed by atoms with Gasteiger partial charge in [-0.05, 0) is 12.1 Å². The number of halogens is 2. The normalized spacial score (nSPS) is 10.6. The Balaban J connectivity index is 3.22. The highest BCUT2D eigenvalue weighted by Gasteiger charge is 2.19. The molecule has 0 fully saturated rings. The van der Waals surface area contributed by atoms with E-state index in [1.54, 1.807) is 12.1 Å². The quantitative estimate of drug-likeness (QED) is 0.619. The second-order valence-electron chi connectivity index (χ2n) is 2.83. The van der Waals surface area contributed by atoms with E-state index in [0.717, 1.165) is 0 Å². The Kier molecular flexibility index (Phi) is 3.57. The Hall–Kier alpha value is -0.970. The molecule has 0 saturated carbocycles. The Bertz CT molecular complexity index is 357.